The highest BCUT2D eigenvalue weighted by Gasteiger charge is 2.27. The van der Waals surface area contributed by atoms with Gasteiger partial charge in [0.15, 0.2) is 11.5 Å². The summed E-state index contributed by atoms with van der Waals surface area (Å²) in [4.78, 5) is 31.7. The number of carbonyl (C=O) groups excluding carboxylic acids is 2. The number of benzene rings is 2. The van der Waals surface area contributed by atoms with Gasteiger partial charge in [-0.25, -0.2) is 4.79 Å². The summed E-state index contributed by atoms with van der Waals surface area (Å²) in [6, 6.07) is 14.4. The maximum atomic E-state index is 13.8. The van der Waals surface area contributed by atoms with Crippen LogP contribution in [-0.2, 0) is 22.6 Å². The molecular weight excluding hydrogens is 534 g/mol. The molecule has 3 heterocycles. The van der Waals surface area contributed by atoms with Crippen molar-refractivity contribution in [3.63, 3.8) is 0 Å². The third-order valence-electron chi connectivity index (χ3n) is 6.75. The molecule has 1 fully saturated rings. The lowest BCUT2D eigenvalue weighted by atomic mass is 10.1. The molecule has 10 nitrogen and oxygen atoms in total. The molecule has 1 saturated heterocycles. The number of fused-ring (bicyclic) bond motifs is 1. The van der Waals surface area contributed by atoms with Crippen LogP contribution in [0.5, 0.6) is 23.0 Å². The third-order valence-corrected chi connectivity index (χ3v) is 7.62. The summed E-state index contributed by atoms with van der Waals surface area (Å²) in [7, 11) is 3.09. The molecule has 1 atom stereocenters. The summed E-state index contributed by atoms with van der Waals surface area (Å²) < 4.78 is 27.4. The second kappa shape index (κ2) is 12.9. The van der Waals surface area contributed by atoms with Crippen LogP contribution < -0.4 is 24.3 Å². The largest absolute Gasteiger partial charge is 0.497 e. The Hall–Kier alpha value is -3.96. The zero-order chi connectivity index (χ0) is 27.9. The monoisotopic (exact) mass is 567 g/mol. The molecule has 0 radical (unpaired) electrons. The molecule has 212 valence electrons. The van der Waals surface area contributed by atoms with Gasteiger partial charge in [0.05, 0.1) is 26.9 Å². The van der Waals surface area contributed by atoms with E-state index in [0.717, 1.165) is 23.3 Å². The first-order chi connectivity index (χ1) is 19.5. The molecule has 1 aromatic heterocycles. The van der Waals surface area contributed by atoms with Crippen molar-refractivity contribution in [2.45, 2.75) is 32.0 Å². The minimum atomic E-state index is -0.404. The zero-order valence-corrected chi connectivity index (χ0v) is 23.4. The number of ether oxygens (including phenoxy) is 5. The average Bonchev–Trinajstić information content (AvgIpc) is 3.75. The second-order valence-electron chi connectivity index (χ2n) is 9.56. The standard InChI is InChI=1S/C29H33N3O7S/c1-35-23-12-21(13-24(14-23)36-2)30-29(34)32(16-22-5-3-9-37-22)18-28(33)31(17-25-6-4-10-40-25)15-20-7-8-26-27(11-20)39-19-38-26/h4,6-8,10-14,22H,3,5,9,15-19H2,1-2H3,(H,30,34). The van der Waals surface area contributed by atoms with Gasteiger partial charge in [-0.1, -0.05) is 12.1 Å². The van der Waals surface area contributed by atoms with Crippen LogP contribution in [0.25, 0.3) is 0 Å². The van der Waals surface area contributed by atoms with E-state index in [0.29, 0.717) is 54.9 Å². The maximum Gasteiger partial charge on any atom is 0.322 e. The SMILES string of the molecule is COc1cc(NC(=O)N(CC(=O)N(Cc2ccc3c(c2)OCO3)Cc2cccs2)CC2CCCO2)cc(OC)c1. The number of anilines is 1. The van der Waals surface area contributed by atoms with Gasteiger partial charge in [0.25, 0.3) is 0 Å². The Kier molecular flexibility index (Phi) is 8.92. The summed E-state index contributed by atoms with van der Waals surface area (Å²) in [6.07, 6.45) is 1.63. The van der Waals surface area contributed by atoms with E-state index in [1.54, 1.807) is 48.7 Å². The summed E-state index contributed by atoms with van der Waals surface area (Å²) in [5, 5.41) is 4.89. The Bertz CT molecular complexity index is 1290. The summed E-state index contributed by atoms with van der Waals surface area (Å²) in [5.41, 5.74) is 1.41. The first-order valence-corrected chi connectivity index (χ1v) is 14.0. The normalized spacial score (nSPS) is 15.5. The van der Waals surface area contributed by atoms with Crippen molar-refractivity contribution < 1.29 is 33.3 Å². The molecule has 3 aromatic rings. The molecule has 0 spiro atoms. The van der Waals surface area contributed by atoms with E-state index < -0.39 is 6.03 Å². The lowest BCUT2D eigenvalue weighted by Gasteiger charge is -2.29. The fourth-order valence-electron chi connectivity index (χ4n) is 4.68. The number of hydrogen-bond donors (Lipinski definition) is 1. The maximum absolute atomic E-state index is 13.8. The van der Waals surface area contributed by atoms with E-state index in [1.807, 2.05) is 35.7 Å². The van der Waals surface area contributed by atoms with Crippen molar-refractivity contribution in [3.05, 3.63) is 64.4 Å². The molecule has 3 amide bonds. The Morgan fingerprint density at radius 2 is 1.80 bits per heavy atom. The topological polar surface area (TPSA) is 98.8 Å². The number of hydrogen-bond acceptors (Lipinski definition) is 8. The summed E-state index contributed by atoms with van der Waals surface area (Å²) in [6.45, 7) is 1.81. The molecule has 2 aromatic carbocycles. The lowest BCUT2D eigenvalue weighted by molar-refractivity contribution is -0.133. The summed E-state index contributed by atoms with van der Waals surface area (Å²) >= 11 is 1.58. The number of thiophene rings is 1. The minimum Gasteiger partial charge on any atom is -0.497 e. The van der Waals surface area contributed by atoms with Crippen LogP contribution >= 0.6 is 11.3 Å². The lowest BCUT2D eigenvalue weighted by Crippen LogP contribution is -2.46. The van der Waals surface area contributed by atoms with Crippen LogP contribution in [0.15, 0.2) is 53.9 Å². The molecular formula is C29H33N3O7S. The molecule has 0 bridgehead atoms. The van der Waals surface area contributed by atoms with Gasteiger partial charge in [-0.15, -0.1) is 11.3 Å². The second-order valence-corrected chi connectivity index (χ2v) is 10.6. The number of amides is 3. The van der Waals surface area contributed by atoms with Gasteiger partial charge in [0.2, 0.25) is 12.7 Å². The van der Waals surface area contributed by atoms with Crippen LogP contribution in [0.1, 0.15) is 23.3 Å². The van der Waals surface area contributed by atoms with Crippen LogP contribution in [0.4, 0.5) is 10.5 Å². The van der Waals surface area contributed by atoms with Crippen molar-refractivity contribution in [1.29, 1.82) is 0 Å². The molecule has 0 saturated carbocycles. The Morgan fingerprint density at radius 3 is 2.50 bits per heavy atom. The smallest absolute Gasteiger partial charge is 0.322 e. The van der Waals surface area contributed by atoms with Crippen molar-refractivity contribution in [3.8, 4) is 23.0 Å². The molecule has 1 N–H and O–H groups in total. The number of urea groups is 1. The third kappa shape index (κ3) is 6.97. The van der Waals surface area contributed by atoms with Gasteiger partial charge in [-0.3, -0.25) is 4.79 Å². The Labute approximate surface area is 237 Å². The number of nitrogens with one attached hydrogen (secondary N) is 1. The van der Waals surface area contributed by atoms with Crippen LogP contribution in [0, 0.1) is 0 Å². The van der Waals surface area contributed by atoms with E-state index in [-0.39, 0.29) is 25.3 Å². The molecule has 1 unspecified atom stereocenters. The molecule has 0 aliphatic carbocycles. The predicted octanol–water partition coefficient (Wildman–Crippen LogP) is 4.74. The highest BCUT2D eigenvalue weighted by Crippen LogP contribution is 2.33. The van der Waals surface area contributed by atoms with E-state index >= 15 is 0 Å². The fraction of sp³-hybridized carbons (Fsp3) is 0.379. The molecule has 5 rings (SSSR count). The number of rotatable bonds is 11. The minimum absolute atomic E-state index is 0.108. The van der Waals surface area contributed by atoms with Gasteiger partial charge < -0.3 is 38.8 Å². The van der Waals surface area contributed by atoms with Crippen molar-refractivity contribution in [1.82, 2.24) is 9.80 Å². The van der Waals surface area contributed by atoms with Crippen LogP contribution in [0.2, 0.25) is 0 Å². The molecule has 2 aliphatic rings. The van der Waals surface area contributed by atoms with E-state index in [2.05, 4.69) is 5.32 Å². The van der Waals surface area contributed by atoms with E-state index in [1.165, 1.54) is 4.90 Å². The van der Waals surface area contributed by atoms with Crippen molar-refractivity contribution in [2.75, 3.05) is 46.0 Å². The zero-order valence-electron chi connectivity index (χ0n) is 22.6. The van der Waals surface area contributed by atoms with Gasteiger partial charge in [0.1, 0.15) is 18.0 Å². The number of carbonyl (C=O) groups is 2. The first-order valence-electron chi connectivity index (χ1n) is 13.1. The van der Waals surface area contributed by atoms with E-state index in [9.17, 15) is 9.59 Å². The average molecular weight is 568 g/mol. The van der Waals surface area contributed by atoms with Crippen LogP contribution in [-0.4, -0.2) is 68.6 Å². The highest BCUT2D eigenvalue weighted by atomic mass is 32.1. The quantitative estimate of drug-likeness (QED) is 0.358. The predicted molar refractivity (Wildman–Crippen MR) is 150 cm³/mol. The summed E-state index contributed by atoms with van der Waals surface area (Å²) in [5.74, 6) is 2.26. The Balaban J connectivity index is 1.35. The molecule has 40 heavy (non-hydrogen) atoms. The fourth-order valence-corrected chi connectivity index (χ4v) is 5.40. The van der Waals surface area contributed by atoms with Gasteiger partial charge >= 0.3 is 6.03 Å². The molecule has 2 aliphatic heterocycles. The number of methoxy groups -OCH3 is 2. The highest BCUT2D eigenvalue weighted by molar-refractivity contribution is 7.09. The van der Waals surface area contributed by atoms with Gasteiger partial charge in [-0.05, 0) is 42.0 Å². The van der Waals surface area contributed by atoms with E-state index in [4.69, 9.17) is 23.7 Å². The van der Waals surface area contributed by atoms with Crippen molar-refractivity contribution in [2.24, 2.45) is 0 Å². The first kappa shape index (κ1) is 27.6. The molecule has 11 heteroatoms. The van der Waals surface area contributed by atoms with Crippen LogP contribution in [0.3, 0.4) is 0 Å². The van der Waals surface area contributed by atoms with Gasteiger partial charge in [0, 0.05) is 48.5 Å². The van der Waals surface area contributed by atoms with Gasteiger partial charge in [-0.2, -0.15) is 0 Å². The van der Waals surface area contributed by atoms with Crippen molar-refractivity contribution >= 4 is 29.0 Å². The Morgan fingerprint density at radius 1 is 1.00 bits per heavy atom. The number of nitrogens with zero attached hydrogens (tertiary/aromatic N) is 2.